The highest BCUT2D eigenvalue weighted by atomic mass is 32.2. The van der Waals surface area contributed by atoms with Gasteiger partial charge in [-0.2, -0.15) is 9.82 Å². The second-order valence-corrected chi connectivity index (χ2v) is 11.9. The number of benzene rings is 2. The summed E-state index contributed by atoms with van der Waals surface area (Å²) in [5.41, 5.74) is 6.27. The number of hydrogen-bond acceptors (Lipinski definition) is 8. The van der Waals surface area contributed by atoms with Crippen molar-refractivity contribution in [2.45, 2.75) is 25.9 Å². The van der Waals surface area contributed by atoms with Gasteiger partial charge in [-0.15, -0.1) is 0 Å². The van der Waals surface area contributed by atoms with Gasteiger partial charge >= 0.3 is 5.91 Å². The molecule has 11 heteroatoms. The monoisotopic (exact) mass is 574 g/mol. The number of nitrogens with zero attached hydrogens (tertiary/aromatic N) is 5. The van der Waals surface area contributed by atoms with Crippen LogP contribution in [0.15, 0.2) is 54.6 Å². The maximum absolute atomic E-state index is 13.1. The van der Waals surface area contributed by atoms with E-state index >= 15 is 0 Å². The SMILES string of the molecule is CC(C)c1nn(-c2cccc(N3CC(O)C3)c2)c2nc(C(=O)N[S+](C)[O-])cc(-c3ccc(N4CCOCC4)cc3)c12. The predicted octanol–water partition coefficient (Wildman–Crippen LogP) is 3.25. The number of ether oxygens (including phenoxy) is 1. The predicted molar refractivity (Wildman–Crippen MR) is 161 cm³/mol. The molecule has 41 heavy (non-hydrogen) atoms. The van der Waals surface area contributed by atoms with Gasteiger partial charge in [-0.3, -0.25) is 4.79 Å². The van der Waals surface area contributed by atoms with E-state index < -0.39 is 17.3 Å². The third kappa shape index (κ3) is 5.50. The summed E-state index contributed by atoms with van der Waals surface area (Å²) in [5.74, 6) is -0.426. The minimum atomic E-state index is -1.54. The molecular weight excluding hydrogens is 540 g/mol. The van der Waals surface area contributed by atoms with Gasteiger partial charge in [0.05, 0.1) is 47.4 Å². The summed E-state index contributed by atoms with van der Waals surface area (Å²) in [6.07, 6.45) is 1.10. The van der Waals surface area contributed by atoms with Gasteiger partial charge in [0.15, 0.2) is 5.65 Å². The molecule has 6 rings (SSSR count). The Hall–Kier alpha value is -3.64. The lowest BCUT2D eigenvalue weighted by atomic mass is 9.97. The summed E-state index contributed by atoms with van der Waals surface area (Å²) in [6.45, 7) is 8.46. The Morgan fingerprint density at radius 3 is 2.41 bits per heavy atom. The lowest BCUT2D eigenvalue weighted by molar-refractivity contribution is 0.0977. The molecule has 2 N–H and O–H groups in total. The number of amides is 1. The fourth-order valence-electron chi connectivity index (χ4n) is 5.41. The molecule has 2 aromatic carbocycles. The number of aliphatic hydroxyl groups excluding tert-OH is 1. The topological polar surface area (TPSA) is 119 Å². The number of morpholine rings is 1. The van der Waals surface area contributed by atoms with Crippen LogP contribution in [0, 0.1) is 0 Å². The van der Waals surface area contributed by atoms with E-state index in [0.717, 1.165) is 52.4 Å². The largest absolute Gasteiger partial charge is 0.593 e. The van der Waals surface area contributed by atoms with E-state index in [9.17, 15) is 14.5 Å². The second kappa shape index (κ2) is 11.3. The van der Waals surface area contributed by atoms with Crippen LogP contribution >= 0.6 is 0 Å². The molecule has 214 valence electrons. The number of aromatic nitrogens is 3. The van der Waals surface area contributed by atoms with Crippen molar-refractivity contribution in [1.29, 1.82) is 0 Å². The fraction of sp³-hybridized carbons (Fsp3) is 0.367. The lowest BCUT2D eigenvalue weighted by Crippen LogP contribution is -2.50. The third-order valence-electron chi connectivity index (χ3n) is 7.54. The van der Waals surface area contributed by atoms with Crippen LogP contribution in [0.3, 0.4) is 0 Å². The van der Waals surface area contributed by atoms with Crippen molar-refractivity contribution in [3.8, 4) is 16.8 Å². The molecule has 4 heterocycles. The summed E-state index contributed by atoms with van der Waals surface area (Å²) in [6, 6.07) is 18.0. The van der Waals surface area contributed by atoms with Crippen molar-refractivity contribution in [2.24, 2.45) is 0 Å². The number of carbonyl (C=O) groups excluding carboxylic acids is 1. The number of rotatable bonds is 7. The quantitative estimate of drug-likeness (QED) is 0.323. The van der Waals surface area contributed by atoms with Crippen molar-refractivity contribution in [3.63, 3.8) is 0 Å². The smallest absolute Gasteiger partial charge is 0.310 e. The minimum absolute atomic E-state index is 0.0865. The molecule has 2 fully saturated rings. The summed E-state index contributed by atoms with van der Waals surface area (Å²) in [4.78, 5) is 22.3. The highest BCUT2D eigenvalue weighted by molar-refractivity contribution is 7.89. The Morgan fingerprint density at radius 2 is 1.76 bits per heavy atom. The van der Waals surface area contributed by atoms with E-state index in [4.69, 9.17) is 14.8 Å². The number of anilines is 2. The number of β-amino-alcohol motifs (C(OH)–C–C–N with tert-alkyl or cyclic N) is 1. The van der Waals surface area contributed by atoms with Gasteiger partial charge in [0.1, 0.15) is 11.9 Å². The molecular formula is C30H34N6O4S. The van der Waals surface area contributed by atoms with Crippen LogP contribution in [0.2, 0.25) is 0 Å². The van der Waals surface area contributed by atoms with Gasteiger partial charge in [0.25, 0.3) is 0 Å². The number of nitrogens with one attached hydrogen (secondary N) is 1. The van der Waals surface area contributed by atoms with Gasteiger partial charge in [0.2, 0.25) is 0 Å². The van der Waals surface area contributed by atoms with Crippen molar-refractivity contribution in [3.05, 3.63) is 66.0 Å². The zero-order valence-corrected chi connectivity index (χ0v) is 24.2. The first-order valence-electron chi connectivity index (χ1n) is 13.8. The van der Waals surface area contributed by atoms with Crippen LogP contribution in [-0.2, 0) is 16.1 Å². The average Bonchev–Trinajstić information content (AvgIpc) is 3.35. The van der Waals surface area contributed by atoms with Crippen LogP contribution in [-0.4, -0.2) is 82.1 Å². The molecule has 0 aliphatic carbocycles. The van der Waals surface area contributed by atoms with Gasteiger partial charge in [-0.25, -0.2) is 9.67 Å². The maximum Gasteiger partial charge on any atom is 0.310 e. The molecule has 0 spiro atoms. The average molecular weight is 575 g/mol. The van der Waals surface area contributed by atoms with Crippen LogP contribution in [0.4, 0.5) is 11.4 Å². The molecule has 4 aromatic rings. The number of hydrogen-bond donors (Lipinski definition) is 2. The van der Waals surface area contributed by atoms with Crippen molar-refractivity contribution in [2.75, 3.05) is 55.4 Å². The highest BCUT2D eigenvalue weighted by Crippen LogP contribution is 2.37. The number of fused-ring (bicyclic) bond motifs is 1. The van der Waals surface area contributed by atoms with Gasteiger partial charge in [-0.05, 0) is 53.4 Å². The molecule has 0 bridgehead atoms. The molecule has 0 saturated carbocycles. The zero-order valence-electron chi connectivity index (χ0n) is 23.4. The van der Waals surface area contributed by atoms with Gasteiger partial charge < -0.3 is 24.2 Å². The van der Waals surface area contributed by atoms with Crippen molar-refractivity contribution >= 4 is 39.7 Å². The fourth-order valence-corrected chi connectivity index (χ4v) is 5.78. The molecule has 10 nitrogen and oxygen atoms in total. The molecule has 2 aliphatic heterocycles. The minimum Gasteiger partial charge on any atom is -0.593 e. The number of pyridine rings is 1. The van der Waals surface area contributed by atoms with Gasteiger partial charge in [0, 0.05) is 37.6 Å². The van der Waals surface area contributed by atoms with E-state index in [2.05, 4.69) is 52.6 Å². The van der Waals surface area contributed by atoms with Crippen LogP contribution in [0.5, 0.6) is 0 Å². The first-order chi connectivity index (χ1) is 19.8. The highest BCUT2D eigenvalue weighted by Gasteiger charge is 2.27. The van der Waals surface area contributed by atoms with Crippen molar-refractivity contribution in [1.82, 2.24) is 19.5 Å². The van der Waals surface area contributed by atoms with E-state index in [1.54, 1.807) is 10.7 Å². The Kier molecular flexibility index (Phi) is 7.60. The first kappa shape index (κ1) is 27.5. The zero-order chi connectivity index (χ0) is 28.7. The molecule has 2 aromatic heterocycles. The van der Waals surface area contributed by atoms with E-state index in [1.807, 2.05) is 24.3 Å². The first-order valence-corrected chi connectivity index (χ1v) is 15.4. The van der Waals surface area contributed by atoms with E-state index in [-0.39, 0.29) is 17.7 Å². The summed E-state index contributed by atoms with van der Waals surface area (Å²) >= 11 is -1.54. The third-order valence-corrected chi connectivity index (χ3v) is 8.01. The maximum atomic E-state index is 13.1. The number of aliphatic hydroxyl groups is 1. The van der Waals surface area contributed by atoms with E-state index in [1.165, 1.54) is 6.26 Å². The Labute approximate surface area is 242 Å². The Morgan fingerprint density at radius 1 is 1.05 bits per heavy atom. The Bertz CT molecular complexity index is 1560. The molecule has 1 unspecified atom stereocenters. The summed E-state index contributed by atoms with van der Waals surface area (Å²) < 4.78 is 21.6. The Balaban J connectivity index is 1.51. The molecule has 1 atom stereocenters. The second-order valence-electron chi connectivity index (χ2n) is 10.8. The molecule has 0 radical (unpaired) electrons. The summed E-state index contributed by atoms with van der Waals surface area (Å²) in [7, 11) is 0. The summed E-state index contributed by atoms with van der Waals surface area (Å²) in [5, 5.41) is 15.7. The normalized spacial score (nSPS) is 16.7. The van der Waals surface area contributed by atoms with Crippen LogP contribution < -0.4 is 14.5 Å². The van der Waals surface area contributed by atoms with E-state index in [0.29, 0.717) is 32.0 Å². The molecule has 1 amide bonds. The lowest BCUT2D eigenvalue weighted by Gasteiger charge is -2.38. The van der Waals surface area contributed by atoms with Crippen molar-refractivity contribution < 1.29 is 19.2 Å². The van der Waals surface area contributed by atoms with Gasteiger partial charge in [-0.1, -0.05) is 32.0 Å². The number of carbonyl (C=O) groups is 1. The molecule has 2 saturated heterocycles. The van der Waals surface area contributed by atoms with Crippen LogP contribution in [0.1, 0.15) is 35.9 Å². The standard InChI is InChI=1S/C30H34N6O4S/c1-19(2)28-27-25(20-7-9-21(10-8-20)34-11-13-40-14-12-34)16-26(30(38)33-41(3)39)31-29(27)36(32-28)23-6-4-5-22(15-23)35-17-24(37)18-35/h4-10,15-16,19,24,37H,11-14,17-18H2,1-3H3,(H,33,38). The van der Waals surface area contributed by atoms with Crippen LogP contribution in [0.25, 0.3) is 27.8 Å². The molecule has 2 aliphatic rings.